The van der Waals surface area contributed by atoms with Gasteiger partial charge in [0.2, 0.25) is 0 Å². The van der Waals surface area contributed by atoms with Gasteiger partial charge in [0, 0.05) is 18.0 Å². The molecule has 1 N–H and O–H groups in total. The summed E-state index contributed by atoms with van der Waals surface area (Å²) < 4.78 is 5.23. The van der Waals surface area contributed by atoms with E-state index >= 15 is 0 Å². The van der Waals surface area contributed by atoms with E-state index in [4.69, 9.17) is 4.74 Å². The van der Waals surface area contributed by atoms with Gasteiger partial charge in [0.15, 0.2) is 0 Å². The first-order valence-corrected chi connectivity index (χ1v) is 8.20. The lowest BCUT2D eigenvalue weighted by atomic mass is 10.1. The lowest BCUT2D eigenvalue weighted by Crippen LogP contribution is -2.32. The molecule has 0 aliphatic rings. The van der Waals surface area contributed by atoms with Gasteiger partial charge in [-0.1, -0.05) is 48.5 Å². The number of esters is 1. The second-order valence-electron chi connectivity index (χ2n) is 5.78. The van der Waals surface area contributed by atoms with E-state index in [1.807, 2.05) is 55.5 Å². The van der Waals surface area contributed by atoms with E-state index in [0.717, 1.165) is 12.0 Å². The molecular weight excluding hydrogens is 302 g/mol. The van der Waals surface area contributed by atoms with E-state index in [-0.39, 0.29) is 17.9 Å². The number of benzene rings is 2. The van der Waals surface area contributed by atoms with Crippen LogP contribution in [0.5, 0.6) is 0 Å². The van der Waals surface area contributed by atoms with E-state index in [9.17, 15) is 9.59 Å². The summed E-state index contributed by atoms with van der Waals surface area (Å²) in [4.78, 5) is 23.7. The van der Waals surface area contributed by atoms with E-state index in [1.54, 1.807) is 12.1 Å². The smallest absolute Gasteiger partial charge is 0.306 e. The molecule has 1 atom stereocenters. The van der Waals surface area contributed by atoms with Gasteiger partial charge in [-0.15, -0.1) is 0 Å². The summed E-state index contributed by atoms with van der Waals surface area (Å²) in [6.07, 6.45) is 1.78. The molecule has 126 valence electrons. The molecule has 4 heteroatoms. The van der Waals surface area contributed by atoms with Crippen molar-refractivity contribution in [2.24, 2.45) is 0 Å². The van der Waals surface area contributed by atoms with Crippen LogP contribution in [0.3, 0.4) is 0 Å². The molecule has 2 aromatic rings. The number of nitrogens with one attached hydrogen (secondary N) is 1. The van der Waals surface area contributed by atoms with Crippen molar-refractivity contribution in [1.82, 2.24) is 5.32 Å². The van der Waals surface area contributed by atoms with Gasteiger partial charge in [0.05, 0.1) is 0 Å². The second kappa shape index (κ2) is 9.50. The van der Waals surface area contributed by atoms with Crippen molar-refractivity contribution in [2.75, 3.05) is 0 Å². The predicted octanol–water partition coefficient (Wildman–Crippen LogP) is 3.72. The van der Waals surface area contributed by atoms with Gasteiger partial charge in [-0.25, -0.2) is 0 Å². The Hall–Kier alpha value is -2.62. The minimum Gasteiger partial charge on any atom is -0.461 e. The summed E-state index contributed by atoms with van der Waals surface area (Å²) in [6.45, 7) is 2.25. The highest BCUT2D eigenvalue weighted by atomic mass is 16.5. The first kappa shape index (κ1) is 17.7. The van der Waals surface area contributed by atoms with Crippen LogP contribution >= 0.6 is 0 Å². The van der Waals surface area contributed by atoms with Crippen LogP contribution in [0, 0.1) is 0 Å². The van der Waals surface area contributed by atoms with Gasteiger partial charge in [0.25, 0.3) is 5.91 Å². The Labute approximate surface area is 142 Å². The third-order valence-corrected chi connectivity index (χ3v) is 3.67. The summed E-state index contributed by atoms with van der Waals surface area (Å²) in [5.41, 5.74) is 1.63. The quantitative estimate of drug-likeness (QED) is 0.753. The molecule has 0 bridgehead atoms. The van der Waals surface area contributed by atoms with E-state index in [2.05, 4.69) is 5.32 Å². The molecule has 0 aromatic heterocycles. The first-order valence-electron chi connectivity index (χ1n) is 8.20. The van der Waals surface area contributed by atoms with Crippen molar-refractivity contribution in [1.29, 1.82) is 0 Å². The maximum absolute atomic E-state index is 12.0. The Morgan fingerprint density at radius 1 is 1.00 bits per heavy atom. The number of amides is 1. The Balaban J connectivity index is 1.62. The monoisotopic (exact) mass is 325 g/mol. The molecule has 0 aliphatic heterocycles. The Morgan fingerprint density at radius 2 is 1.62 bits per heavy atom. The van der Waals surface area contributed by atoms with Crippen LogP contribution in [0.15, 0.2) is 60.7 Å². The molecule has 24 heavy (non-hydrogen) atoms. The molecule has 0 aliphatic carbocycles. The standard InChI is InChI=1S/C20H23NO3/c1-16(21-20(23)18-12-6-3-7-13-18)9-8-14-19(22)24-15-17-10-4-2-5-11-17/h2-7,10-13,16H,8-9,14-15H2,1H3,(H,21,23)/t16-/m1/s1. The van der Waals surface area contributed by atoms with Crippen molar-refractivity contribution >= 4 is 11.9 Å². The fraction of sp³-hybridized carbons (Fsp3) is 0.300. The highest BCUT2D eigenvalue weighted by Crippen LogP contribution is 2.06. The molecule has 2 aromatic carbocycles. The minimum absolute atomic E-state index is 0.0135. The number of carbonyl (C=O) groups is 2. The minimum atomic E-state index is -0.208. The van der Waals surface area contributed by atoms with Crippen LogP contribution in [-0.2, 0) is 16.1 Å². The highest BCUT2D eigenvalue weighted by Gasteiger charge is 2.10. The maximum atomic E-state index is 12.0. The zero-order chi connectivity index (χ0) is 17.2. The topological polar surface area (TPSA) is 55.4 Å². The molecule has 0 spiro atoms. The van der Waals surface area contributed by atoms with Gasteiger partial charge in [-0.3, -0.25) is 9.59 Å². The van der Waals surface area contributed by atoms with Crippen molar-refractivity contribution in [3.05, 3.63) is 71.8 Å². The third kappa shape index (κ3) is 6.24. The lowest BCUT2D eigenvalue weighted by molar-refractivity contribution is -0.145. The van der Waals surface area contributed by atoms with Crippen molar-refractivity contribution in [3.8, 4) is 0 Å². The lowest BCUT2D eigenvalue weighted by Gasteiger charge is -2.13. The summed E-state index contributed by atoms with van der Waals surface area (Å²) in [5, 5.41) is 2.94. The fourth-order valence-electron chi connectivity index (χ4n) is 2.33. The molecule has 0 fully saturated rings. The summed E-state index contributed by atoms with van der Waals surface area (Å²) in [7, 11) is 0. The molecule has 4 nitrogen and oxygen atoms in total. The van der Waals surface area contributed by atoms with Gasteiger partial charge in [-0.05, 0) is 37.5 Å². The molecule has 0 saturated carbocycles. The number of ether oxygens (including phenoxy) is 1. The van der Waals surface area contributed by atoms with Crippen LogP contribution in [0.2, 0.25) is 0 Å². The predicted molar refractivity (Wildman–Crippen MR) is 93.5 cm³/mol. The highest BCUT2D eigenvalue weighted by molar-refractivity contribution is 5.94. The molecule has 0 unspecified atom stereocenters. The molecule has 0 saturated heterocycles. The molecule has 1 amide bonds. The average Bonchev–Trinajstić information content (AvgIpc) is 2.61. The number of hydrogen-bond donors (Lipinski definition) is 1. The molecule has 0 heterocycles. The van der Waals surface area contributed by atoms with Gasteiger partial charge in [-0.2, -0.15) is 0 Å². The third-order valence-electron chi connectivity index (χ3n) is 3.67. The zero-order valence-electron chi connectivity index (χ0n) is 13.9. The summed E-state index contributed by atoms with van der Waals surface area (Å²) >= 11 is 0. The van der Waals surface area contributed by atoms with Crippen LogP contribution in [0.1, 0.15) is 42.1 Å². The Kier molecular flexibility index (Phi) is 7.02. The van der Waals surface area contributed by atoms with Crippen LogP contribution in [-0.4, -0.2) is 17.9 Å². The van der Waals surface area contributed by atoms with Crippen LogP contribution in [0.4, 0.5) is 0 Å². The SMILES string of the molecule is C[C@H](CCCC(=O)OCc1ccccc1)NC(=O)c1ccccc1. The van der Waals surface area contributed by atoms with Gasteiger partial charge >= 0.3 is 5.97 Å². The molecular formula is C20H23NO3. The second-order valence-corrected chi connectivity index (χ2v) is 5.78. The summed E-state index contributed by atoms with van der Waals surface area (Å²) in [6, 6.07) is 18.7. The average molecular weight is 325 g/mol. The van der Waals surface area contributed by atoms with Crippen LogP contribution < -0.4 is 5.32 Å². The number of rotatable bonds is 8. The van der Waals surface area contributed by atoms with E-state index in [1.165, 1.54) is 0 Å². The van der Waals surface area contributed by atoms with E-state index < -0.39 is 0 Å². The number of carbonyl (C=O) groups excluding carboxylic acids is 2. The van der Waals surface area contributed by atoms with Crippen molar-refractivity contribution in [3.63, 3.8) is 0 Å². The zero-order valence-corrected chi connectivity index (χ0v) is 13.9. The van der Waals surface area contributed by atoms with Crippen LogP contribution in [0.25, 0.3) is 0 Å². The van der Waals surface area contributed by atoms with Gasteiger partial charge < -0.3 is 10.1 Å². The summed E-state index contributed by atoms with van der Waals surface area (Å²) in [5.74, 6) is -0.296. The Bertz CT molecular complexity index is 640. The fourth-order valence-corrected chi connectivity index (χ4v) is 2.33. The molecule has 2 rings (SSSR count). The van der Waals surface area contributed by atoms with Gasteiger partial charge in [0.1, 0.15) is 6.61 Å². The largest absolute Gasteiger partial charge is 0.461 e. The van der Waals surface area contributed by atoms with Crippen molar-refractivity contribution in [2.45, 2.75) is 38.8 Å². The Morgan fingerprint density at radius 3 is 2.29 bits per heavy atom. The molecule has 0 radical (unpaired) electrons. The first-order chi connectivity index (χ1) is 11.6. The maximum Gasteiger partial charge on any atom is 0.306 e. The van der Waals surface area contributed by atoms with Crippen molar-refractivity contribution < 1.29 is 14.3 Å². The van der Waals surface area contributed by atoms with E-state index in [0.29, 0.717) is 25.0 Å². The normalized spacial score (nSPS) is 11.5. The number of hydrogen-bond acceptors (Lipinski definition) is 3.